The Bertz CT molecular complexity index is 374. The predicted octanol–water partition coefficient (Wildman–Crippen LogP) is 1.83. The van der Waals surface area contributed by atoms with Crippen LogP contribution in [0.3, 0.4) is 0 Å². The maximum atomic E-state index is 13.6. The standard InChI is InChI=1S/C9H14FN3P2/c1-6-5-11-8(9(10,14)15)12-7(6)13-3-2-4-13/h5H,2-4,14-15H2,1H3. The molecule has 82 valence electrons. The lowest BCUT2D eigenvalue weighted by atomic mass is 10.2. The highest BCUT2D eigenvalue weighted by molar-refractivity contribution is 7.38. The molecule has 3 nitrogen and oxygen atoms in total. The van der Waals surface area contributed by atoms with Crippen molar-refractivity contribution in [2.75, 3.05) is 18.0 Å². The second kappa shape index (κ2) is 3.92. The molecule has 0 aliphatic carbocycles. The van der Waals surface area contributed by atoms with Crippen molar-refractivity contribution in [2.24, 2.45) is 0 Å². The van der Waals surface area contributed by atoms with E-state index >= 15 is 0 Å². The first-order chi connectivity index (χ1) is 6.98. The molecule has 2 heterocycles. The number of rotatable bonds is 2. The Kier molecular flexibility index (Phi) is 2.92. The Hall–Kier alpha value is -0.330. The van der Waals surface area contributed by atoms with Crippen molar-refractivity contribution < 1.29 is 4.39 Å². The summed E-state index contributed by atoms with van der Waals surface area (Å²) in [5.41, 5.74) is 0.998. The Morgan fingerprint density at radius 1 is 1.47 bits per heavy atom. The molecule has 0 N–H and O–H groups in total. The summed E-state index contributed by atoms with van der Waals surface area (Å²) in [6.07, 6.45) is 2.86. The van der Waals surface area contributed by atoms with Crippen molar-refractivity contribution in [3.05, 3.63) is 17.6 Å². The van der Waals surface area contributed by atoms with Crippen LogP contribution in [0.5, 0.6) is 0 Å². The first-order valence-corrected chi connectivity index (χ1v) is 5.99. The van der Waals surface area contributed by atoms with Crippen LogP contribution in [0.4, 0.5) is 10.2 Å². The third kappa shape index (κ3) is 2.26. The molecule has 0 radical (unpaired) electrons. The molecule has 1 saturated heterocycles. The van der Waals surface area contributed by atoms with Crippen molar-refractivity contribution in [1.29, 1.82) is 0 Å². The van der Waals surface area contributed by atoms with E-state index < -0.39 is 5.15 Å². The summed E-state index contributed by atoms with van der Waals surface area (Å²) in [5, 5.41) is -1.63. The van der Waals surface area contributed by atoms with Crippen LogP contribution in [0.2, 0.25) is 0 Å². The largest absolute Gasteiger partial charge is 0.356 e. The van der Waals surface area contributed by atoms with Crippen LogP contribution in [0.1, 0.15) is 17.8 Å². The number of aryl methyl sites for hydroxylation is 1. The number of aromatic nitrogens is 2. The molecule has 0 spiro atoms. The van der Waals surface area contributed by atoms with Gasteiger partial charge in [0.2, 0.25) is 0 Å². The molecule has 2 rings (SSSR count). The topological polar surface area (TPSA) is 29.0 Å². The lowest BCUT2D eigenvalue weighted by molar-refractivity contribution is 0.403. The summed E-state index contributed by atoms with van der Waals surface area (Å²) in [5.74, 6) is 1.06. The van der Waals surface area contributed by atoms with Gasteiger partial charge in [-0.1, -0.05) is 18.5 Å². The minimum atomic E-state index is -1.63. The molecule has 2 atom stereocenters. The van der Waals surface area contributed by atoms with E-state index in [0.29, 0.717) is 0 Å². The van der Waals surface area contributed by atoms with Gasteiger partial charge in [-0.05, 0) is 13.3 Å². The summed E-state index contributed by atoms with van der Waals surface area (Å²) < 4.78 is 13.6. The molecule has 1 fully saturated rings. The first-order valence-electron chi connectivity index (χ1n) is 4.84. The third-order valence-electron chi connectivity index (χ3n) is 2.44. The predicted molar refractivity (Wildman–Crippen MR) is 65.8 cm³/mol. The Morgan fingerprint density at radius 3 is 2.60 bits per heavy atom. The number of hydrogen-bond acceptors (Lipinski definition) is 3. The van der Waals surface area contributed by atoms with Gasteiger partial charge in [-0.2, -0.15) is 0 Å². The van der Waals surface area contributed by atoms with Gasteiger partial charge in [0.15, 0.2) is 11.0 Å². The van der Waals surface area contributed by atoms with Crippen LogP contribution in [0.15, 0.2) is 6.20 Å². The molecule has 0 amide bonds. The molecule has 1 aliphatic heterocycles. The molecule has 6 heteroatoms. The van der Waals surface area contributed by atoms with Gasteiger partial charge in [0.25, 0.3) is 0 Å². The minimum absolute atomic E-state index is 0.199. The van der Waals surface area contributed by atoms with Crippen molar-refractivity contribution in [2.45, 2.75) is 18.5 Å². The normalized spacial score (nSPS) is 16.4. The number of halogens is 1. The van der Waals surface area contributed by atoms with E-state index in [4.69, 9.17) is 0 Å². The quantitative estimate of drug-likeness (QED) is 0.744. The lowest BCUT2D eigenvalue weighted by Crippen LogP contribution is -2.38. The van der Waals surface area contributed by atoms with Crippen molar-refractivity contribution in [3.63, 3.8) is 0 Å². The molecule has 1 aliphatic rings. The van der Waals surface area contributed by atoms with Gasteiger partial charge in [0.1, 0.15) is 5.82 Å². The van der Waals surface area contributed by atoms with E-state index in [1.165, 1.54) is 6.42 Å². The van der Waals surface area contributed by atoms with E-state index in [1.54, 1.807) is 6.20 Å². The number of alkyl halides is 1. The highest BCUT2D eigenvalue weighted by Crippen LogP contribution is 2.38. The van der Waals surface area contributed by atoms with Gasteiger partial charge in [-0.25, -0.2) is 14.4 Å². The third-order valence-corrected chi connectivity index (χ3v) is 2.96. The van der Waals surface area contributed by atoms with Gasteiger partial charge < -0.3 is 4.90 Å². The fraction of sp³-hybridized carbons (Fsp3) is 0.556. The summed E-state index contributed by atoms with van der Waals surface area (Å²) >= 11 is 0. The molecule has 15 heavy (non-hydrogen) atoms. The summed E-state index contributed by atoms with van der Waals surface area (Å²) in [6.45, 7) is 3.96. The molecular weight excluding hydrogens is 231 g/mol. The Balaban J connectivity index is 2.36. The van der Waals surface area contributed by atoms with Crippen LogP contribution in [0.25, 0.3) is 0 Å². The maximum absolute atomic E-state index is 13.6. The maximum Gasteiger partial charge on any atom is 0.194 e. The fourth-order valence-corrected chi connectivity index (χ4v) is 1.74. The van der Waals surface area contributed by atoms with Crippen LogP contribution < -0.4 is 4.90 Å². The zero-order valence-corrected chi connectivity index (χ0v) is 10.9. The number of anilines is 1. The lowest BCUT2D eigenvalue weighted by Gasteiger charge is -2.33. The smallest absolute Gasteiger partial charge is 0.194 e. The van der Waals surface area contributed by atoms with Gasteiger partial charge in [-0.15, -0.1) is 0 Å². The van der Waals surface area contributed by atoms with E-state index in [0.717, 1.165) is 24.5 Å². The van der Waals surface area contributed by atoms with Crippen LogP contribution in [0, 0.1) is 6.92 Å². The van der Waals surface area contributed by atoms with E-state index in [9.17, 15) is 4.39 Å². The number of hydrogen-bond donors (Lipinski definition) is 0. The SMILES string of the molecule is Cc1cnc(C(F)(P)P)nc1N1CCC1. The minimum Gasteiger partial charge on any atom is -0.356 e. The van der Waals surface area contributed by atoms with Gasteiger partial charge in [0, 0.05) is 24.8 Å². The average Bonchev–Trinajstić information content (AvgIpc) is 2.03. The van der Waals surface area contributed by atoms with Crippen molar-refractivity contribution >= 4 is 24.3 Å². The monoisotopic (exact) mass is 245 g/mol. The first kappa shape index (κ1) is 11.2. The molecule has 1 aromatic heterocycles. The van der Waals surface area contributed by atoms with Crippen LogP contribution in [-0.4, -0.2) is 23.1 Å². The van der Waals surface area contributed by atoms with Crippen LogP contribution in [-0.2, 0) is 5.15 Å². The van der Waals surface area contributed by atoms with Gasteiger partial charge in [0.05, 0.1) is 0 Å². The molecule has 1 aromatic rings. The zero-order valence-electron chi connectivity index (χ0n) is 8.57. The zero-order chi connectivity index (χ0) is 11.1. The van der Waals surface area contributed by atoms with E-state index in [1.807, 2.05) is 6.92 Å². The molecule has 0 saturated carbocycles. The average molecular weight is 245 g/mol. The van der Waals surface area contributed by atoms with Gasteiger partial charge in [-0.3, -0.25) is 0 Å². The molecule has 0 aromatic carbocycles. The summed E-state index contributed by atoms with van der Waals surface area (Å²) in [4.78, 5) is 10.4. The van der Waals surface area contributed by atoms with E-state index in [-0.39, 0.29) is 5.82 Å². The molecule has 0 bridgehead atoms. The fourth-order valence-electron chi connectivity index (χ4n) is 1.47. The second-order valence-corrected chi connectivity index (χ2v) is 6.16. The van der Waals surface area contributed by atoms with Gasteiger partial charge >= 0.3 is 0 Å². The second-order valence-electron chi connectivity index (χ2n) is 3.81. The molecular formula is C9H14FN3P2. The van der Waals surface area contributed by atoms with Crippen LogP contribution >= 0.6 is 18.5 Å². The van der Waals surface area contributed by atoms with E-state index in [2.05, 4.69) is 33.3 Å². The Morgan fingerprint density at radius 2 is 2.13 bits per heavy atom. The van der Waals surface area contributed by atoms with Crippen molar-refractivity contribution in [3.8, 4) is 0 Å². The highest BCUT2D eigenvalue weighted by Gasteiger charge is 2.26. The summed E-state index contributed by atoms with van der Waals surface area (Å²) in [6, 6.07) is 0. The Labute approximate surface area is 93.3 Å². The number of nitrogens with zero attached hydrogens (tertiary/aromatic N) is 3. The summed E-state index contributed by atoms with van der Waals surface area (Å²) in [7, 11) is 4.17. The van der Waals surface area contributed by atoms with Crippen molar-refractivity contribution in [1.82, 2.24) is 9.97 Å². The highest BCUT2D eigenvalue weighted by atomic mass is 31.1. The molecule has 2 unspecified atom stereocenters.